The van der Waals surface area contributed by atoms with Gasteiger partial charge in [0.25, 0.3) is 0 Å². The Bertz CT molecular complexity index is 534. The Morgan fingerprint density at radius 2 is 1.79 bits per heavy atom. The van der Waals surface area contributed by atoms with Gasteiger partial charge in [0.15, 0.2) is 0 Å². The summed E-state index contributed by atoms with van der Waals surface area (Å²) in [4.78, 5) is 17.0. The standard InChI is InChI=1S/C19H28ClN3O/c1-15(16-6-8-21-9-7-16)14-19(24)23-12-10-22(11-13-23)18-4-2-17(20)3-5-18/h2-5,15-16,21H,6-14H2,1H3. The topological polar surface area (TPSA) is 35.6 Å². The van der Waals surface area contributed by atoms with Crippen LogP contribution >= 0.6 is 11.6 Å². The molecule has 0 aliphatic carbocycles. The average Bonchev–Trinajstić information content (AvgIpc) is 2.63. The maximum Gasteiger partial charge on any atom is 0.222 e. The highest BCUT2D eigenvalue weighted by molar-refractivity contribution is 6.30. The predicted octanol–water partition coefficient (Wildman–Crippen LogP) is 3.01. The summed E-state index contributed by atoms with van der Waals surface area (Å²) in [5.41, 5.74) is 1.19. The van der Waals surface area contributed by atoms with Crippen LogP contribution in [0, 0.1) is 11.8 Å². The number of hydrogen-bond donors (Lipinski definition) is 1. The first-order valence-electron chi connectivity index (χ1n) is 9.12. The number of amides is 1. The monoisotopic (exact) mass is 349 g/mol. The number of piperidine rings is 1. The van der Waals surface area contributed by atoms with Gasteiger partial charge in [-0.2, -0.15) is 0 Å². The molecule has 1 unspecified atom stereocenters. The van der Waals surface area contributed by atoms with Gasteiger partial charge in [-0.15, -0.1) is 0 Å². The van der Waals surface area contributed by atoms with Gasteiger partial charge in [-0.3, -0.25) is 4.79 Å². The van der Waals surface area contributed by atoms with E-state index in [4.69, 9.17) is 11.6 Å². The van der Waals surface area contributed by atoms with E-state index in [1.54, 1.807) is 0 Å². The Morgan fingerprint density at radius 3 is 2.42 bits per heavy atom. The summed E-state index contributed by atoms with van der Waals surface area (Å²) in [7, 11) is 0. The molecule has 5 heteroatoms. The van der Waals surface area contributed by atoms with Crippen molar-refractivity contribution in [3.8, 4) is 0 Å². The maximum atomic E-state index is 12.6. The second-order valence-electron chi connectivity index (χ2n) is 7.11. The first kappa shape index (κ1) is 17.6. The van der Waals surface area contributed by atoms with Gasteiger partial charge in [0.05, 0.1) is 0 Å². The van der Waals surface area contributed by atoms with Crippen LogP contribution in [0.1, 0.15) is 26.2 Å². The van der Waals surface area contributed by atoms with E-state index in [0.29, 0.717) is 24.2 Å². The van der Waals surface area contributed by atoms with Gasteiger partial charge in [0.1, 0.15) is 0 Å². The molecule has 2 aliphatic heterocycles. The van der Waals surface area contributed by atoms with Crippen molar-refractivity contribution in [3.63, 3.8) is 0 Å². The Hall–Kier alpha value is -1.26. The van der Waals surface area contributed by atoms with Crippen molar-refractivity contribution in [2.24, 2.45) is 11.8 Å². The molecule has 2 fully saturated rings. The van der Waals surface area contributed by atoms with E-state index in [1.807, 2.05) is 17.0 Å². The summed E-state index contributed by atoms with van der Waals surface area (Å²) in [6, 6.07) is 7.96. The van der Waals surface area contributed by atoms with Crippen LogP contribution in [0.5, 0.6) is 0 Å². The summed E-state index contributed by atoms with van der Waals surface area (Å²) >= 11 is 5.95. The molecule has 132 valence electrons. The number of nitrogens with one attached hydrogen (secondary N) is 1. The molecule has 2 aliphatic rings. The number of nitrogens with zero attached hydrogens (tertiary/aromatic N) is 2. The van der Waals surface area contributed by atoms with E-state index >= 15 is 0 Å². The molecule has 1 N–H and O–H groups in total. The third-order valence-corrected chi connectivity index (χ3v) is 5.76. The van der Waals surface area contributed by atoms with E-state index in [-0.39, 0.29) is 0 Å². The smallest absolute Gasteiger partial charge is 0.222 e. The van der Waals surface area contributed by atoms with Crippen molar-refractivity contribution in [1.29, 1.82) is 0 Å². The van der Waals surface area contributed by atoms with E-state index < -0.39 is 0 Å². The van der Waals surface area contributed by atoms with Crippen molar-refractivity contribution in [1.82, 2.24) is 10.2 Å². The molecule has 2 saturated heterocycles. The Morgan fingerprint density at radius 1 is 1.17 bits per heavy atom. The van der Waals surface area contributed by atoms with Crippen LogP contribution in [0.3, 0.4) is 0 Å². The van der Waals surface area contributed by atoms with Gasteiger partial charge in [-0.1, -0.05) is 18.5 Å². The highest BCUT2D eigenvalue weighted by atomic mass is 35.5. The number of carbonyl (C=O) groups excluding carboxylic acids is 1. The fourth-order valence-corrected chi connectivity index (χ4v) is 3.98. The summed E-state index contributed by atoms with van der Waals surface area (Å²) in [6.07, 6.45) is 3.11. The average molecular weight is 350 g/mol. The predicted molar refractivity (Wildman–Crippen MR) is 99.6 cm³/mol. The van der Waals surface area contributed by atoms with Gasteiger partial charge >= 0.3 is 0 Å². The second-order valence-corrected chi connectivity index (χ2v) is 7.55. The highest BCUT2D eigenvalue weighted by Crippen LogP contribution is 2.25. The number of anilines is 1. The number of benzene rings is 1. The summed E-state index contributed by atoms with van der Waals surface area (Å²) in [6.45, 7) is 7.88. The van der Waals surface area contributed by atoms with Gasteiger partial charge < -0.3 is 15.1 Å². The number of halogens is 1. The van der Waals surface area contributed by atoms with Gasteiger partial charge in [-0.25, -0.2) is 0 Å². The van der Waals surface area contributed by atoms with Crippen LogP contribution in [-0.2, 0) is 4.79 Å². The highest BCUT2D eigenvalue weighted by Gasteiger charge is 2.26. The summed E-state index contributed by atoms with van der Waals surface area (Å²) < 4.78 is 0. The zero-order valence-corrected chi connectivity index (χ0v) is 15.3. The third-order valence-electron chi connectivity index (χ3n) is 5.51. The molecule has 24 heavy (non-hydrogen) atoms. The van der Waals surface area contributed by atoms with Gasteiger partial charge in [0, 0.05) is 43.3 Å². The lowest BCUT2D eigenvalue weighted by Gasteiger charge is -2.37. The van der Waals surface area contributed by atoms with E-state index in [1.165, 1.54) is 18.5 Å². The number of piperazine rings is 1. The largest absolute Gasteiger partial charge is 0.368 e. The minimum atomic E-state index is 0.330. The van der Waals surface area contributed by atoms with Crippen molar-refractivity contribution in [2.45, 2.75) is 26.2 Å². The Labute approximate surface area is 150 Å². The second kappa shape index (κ2) is 8.21. The summed E-state index contributed by atoms with van der Waals surface area (Å²) in [5.74, 6) is 1.52. The SMILES string of the molecule is CC(CC(=O)N1CCN(c2ccc(Cl)cc2)CC1)C1CCNCC1. The molecule has 4 nitrogen and oxygen atoms in total. The zero-order valence-electron chi connectivity index (χ0n) is 14.5. The van der Waals surface area contributed by atoms with Crippen LogP contribution < -0.4 is 10.2 Å². The normalized spacial score (nSPS) is 20.9. The lowest BCUT2D eigenvalue weighted by atomic mass is 9.84. The van der Waals surface area contributed by atoms with Gasteiger partial charge in [-0.05, 0) is 62.0 Å². The molecule has 1 amide bonds. The molecule has 1 aromatic rings. The van der Waals surface area contributed by atoms with Crippen molar-refractivity contribution < 1.29 is 4.79 Å². The molecule has 3 rings (SSSR count). The lowest BCUT2D eigenvalue weighted by Crippen LogP contribution is -2.49. The van der Waals surface area contributed by atoms with Crippen molar-refractivity contribution >= 4 is 23.2 Å². The molecule has 0 saturated carbocycles. The number of rotatable bonds is 4. The molecule has 2 heterocycles. The first-order chi connectivity index (χ1) is 11.6. The van der Waals surface area contributed by atoms with Crippen molar-refractivity contribution in [2.75, 3.05) is 44.2 Å². The van der Waals surface area contributed by atoms with E-state index in [0.717, 1.165) is 44.3 Å². The molecular formula is C19H28ClN3O. The Balaban J connectivity index is 1.47. The van der Waals surface area contributed by atoms with E-state index in [2.05, 4.69) is 29.3 Å². The van der Waals surface area contributed by atoms with Crippen LogP contribution in [0.2, 0.25) is 5.02 Å². The summed E-state index contributed by atoms with van der Waals surface area (Å²) in [5, 5.41) is 4.16. The number of hydrogen-bond acceptors (Lipinski definition) is 3. The van der Waals surface area contributed by atoms with Crippen LogP contribution in [0.25, 0.3) is 0 Å². The molecule has 0 radical (unpaired) electrons. The zero-order chi connectivity index (χ0) is 16.9. The minimum Gasteiger partial charge on any atom is -0.368 e. The molecule has 0 spiro atoms. The molecule has 1 aromatic carbocycles. The molecule has 0 aromatic heterocycles. The van der Waals surface area contributed by atoms with Crippen molar-refractivity contribution in [3.05, 3.63) is 29.3 Å². The first-order valence-corrected chi connectivity index (χ1v) is 9.50. The van der Waals surface area contributed by atoms with E-state index in [9.17, 15) is 4.79 Å². The molecular weight excluding hydrogens is 322 g/mol. The van der Waals surface area contributed by atoms with Crippen LogP contribution in [-0.4, -0.2) is 50.1 Å². The number of carbonyl (C=O) groups is 1. The molecule has 1 atom stereocenters. The van der Waals surface area contributed by atoms with Gasteiger partial charge in [0.2, 0.25) is 5.91 Å². The van der Waals surface area contributed by atoms with Crippen LogP contribution in [0.15, 0.2) is 24.3 Å². The fourth-order valence-electron chi connectivity index (χ4n) is 3.85. The maximum absolute atomic E-state index is 12.6. The lowest BCUT2D eigenvalue weighted by molar-refractivity contribution is -0.132. The fraction of sp³-hybridized carbons (Fsp3) is 0.632. The molecule has 0 bridgehead atoms. The Kier molecular flexibility index (Phi) is 6.01. The van der Waals surface area contributed by atoms with Crippen LogP contribution in [0.4, 0.5) is 5.69 Å². The minimum absolute atomic E-state index is 0.330. The quantitative estimate of drug-likeness (QED) is 0.907. The third kappa shape index (κ3) is 4.42.